The van der Waals surface area contributed by atoms with E-state index >= 15 is 0 Å². The van der Waals surface area contributed by atoms with Crippen LogP contribution in [0.2, 0.25) is 0 Å². The summed E-state index contributed by atoms with van der Waals surface area (Å²) in [4.78, 5) is 4.45. The van der Waals surface area contributed by atoms with Crippen LogP contribution < -0.4 is 0 Å². The van der Waals surface area contributed by atoms with Crippen molar-refractivity contribution in [3.05, 3.63) is 29.8 Å². The van der Waals surface area contributed by atoms with Gasteiger partial charge >= 0.3 is 0 Å². The lowest BCUT2D eigenvalue weighted by Crippen LogP contribution is -2.01. The summed E-state index contributed by atoms with van der Waals surface area (Å²) < 4.78 is 6.77. The molecule has 1 atom stereocenters. The molecule has 1 saturated heterocycles. The van der Waals surface area contributed by atoms with E-state index in [1.165, 1.54) is 0 Å². The summed E-state index contributed by atoms with van der Waals surface area (Å²) in [5.41, 5.74) is 2.77. The van der Waals surface area contributed by atoms with Crippen molar-refractivity contribution in [1.82, 2.24) is 25.2 Å². The molecule has 0 spiro atoms. The van der Waals surface area contributed by atoms with E-state index in [1.54, 1.807) is 11.0 Å². The first-order valence-electron chi connectivity index (χ1n) is 4.67. The van der Waals surface area contributed by atoms with Crippen molar-refractivity contribution in [2.24, 2.45) is 0 Å². The molecule has 2 aromatic rings. The molecule has 0 aromatic carbocycles. The summed E-state index contributed by atoms with van der Waals surface area (Å²) in [7, 11) is 0. The van der Waals surface area contributed by atoms with Gasteiger partial charge in [-0.25, -0.2) is 0 Å². The molecule has 1 aliphatic rings. The van der Waals surface area contributed by atoms with Crippen LogP contribution in [-0.2, 0) is 4.74 Å². The molecule has 1 fully saturated rings. The lowest BCUT2D eigenvalue weighted by Gasteiger charge is -2.04. The molecule has 76 valence electrons. The molecule has 0 amide bonds. The van der Waals surface area contributed by atoms with Crippen molar-refractivity contribution in [2.75, 3.05) is 6.61 Å². The Bertz CT molecular complexity index is 477. The van der Waals surface area contributed by atoms with Crippen LogP contribution in [-0.4, -0.2) is 31.8 Å². The average Bonchev–Trinajstić information content (AvgIpc) is 2.95. The number of ether oxygens (including phenoxy) is 1. The third-order valence-electron chi connectivity index (χ3n) is 2.34. The minimum atomic E-state index is 0.187. The molecule has 2 aromatic heterocycles. The highest BCUT2D eigenvalue weighted by Gasteiger charge is 2.26. The van der Waals surface area contributed by atoms with E-state index < -0.39 is 0 Å². The van der Waals surface area contributed by atoms with Gasteiger partial charge in [0, 0.05) is 0 Å². The molecule has 0 unspecified atom stereocenters. The highest BCUT2D eigenvalue weighted by molar-refractivity contribution is 5.36. The first kappa shape index (κ1) is 8.49. The number of hydrogen-bond donors (Lipinski definition) is 0. The Hall–Kier alpha value is -1.82. The Morgan fingerprint density at radius 2 is 2.33 bits per heavy atom. The fraction of sp³-hybridized carbons (Fsp3) is 0.333. The lowest BCUT2D eigenvalue weighted by atomic mass is 10.2. The number of rotatable bonds is 2. The second kappa shape index (κ2) is 3.09. The van der Waals surface area contributed by atoms with Crippen LogP contribution in [0.1, 0.15) is 17.5 Å². The number of tetrazole rings is 1. The largest absolute Gasteiger partial charge is 0.366 e. The lowest BCUT2D eigenvalue weighted by molar-refractivity contribution is 0.411. The molecule has 1 aliphatic heterocycles. The number of aryl methyl sites for hydroxylation is 1. The number of nitrogens with zero attached hydrogens (tertiary/aromatic N) is 5. The molecule has 3 rings (SSSR count). The fourth-order valence-electron chi connectivity index (χ4n) is 1.49. The Morgan fingerprint density at radius 1 is 1.47 bits per heavy atom. The van der Waals surface area contributed by atoms with Crippen molar-refractivity contribution in [3.8, 4) is 5.69 Å². The zero-order valence-corrected chi connectivity index (χ0v) is 8.16. The van der Waals surface area contributed by atoms with E-state index in [2.05, 4.69) is 20.5 Å². The van der Waals surface area contributed by atoms with Gasteiger partial charge < -0.3 is 4.74 Å². The van der Waals surface area contributed by atoms with E-state index in [9.17, 15) is 0 Å². The van der Waals surface area contributed by atoms with Crippen LogP contribution in [0.15, 0.2) is 18.5 Å². The smallest absolute Gasteiger partial charge is 0.143 e. The number of epoxide rings is 1. The number of hydrogen-bond acceptors (Lipinski definition) is 5. The predicted molar refractivity (Wildman–Crippen MR) is 50.4 cm³/mol. The molecule has 6 nitrogen and oxygen atoms in total. The topological polar surface area (TPSA) is 69.0 Å². The Morgan fingerprint density at radius 3 is 2.93 bits per heavy atom. The molecule has 6 heteroatoms. The average molecular weight is 203 g/mol. The van der Waals surface area contributed by atoms with Gasteiger partial charge in [-0.15, -0.1) is 5.10 Å². The Labute approximate surface area is 85.9 Å². The number of aromatic nitrogens is 5. The van der Waals surface area contributed by atoms with Crippen LogP contribution in [0.25, 0.3) is 5.69 Å². The van der Waals surface area contributed by atoms with E-state index in [-0.39, 0.29) is 6.10 Å². The monoisotopic (exact) mass is 203 g/mol. The summed E-state index contributed by atoms with van der Waals surface area (Å²) in [5, 5.41) is 11.0. The second-order valence-electron chi connectivity index (χ2n) is 3.42. The first-order valence-corrected chi connectivity index (χ1v) is 4.67. The highest BCUT2D eigenvalue weighted by Crippen LogP contribution is 2.28. The Balaban J connectivity index is 2.02. The fourth-order valence-corrected chi connectivity index (χ4v) is 1.49. The molecule has 0 N–H and O–H groups in total. The van der Waals surface area contributed by atoms with E-state index in [0.717, 1.165) is 23.7 Å². The Kier molecular flexibility index (Phi) is 1.75. The van der Waals surface area contributed by atoms with Gasteiger partial charge in [-0.2, -0.15) is 4.68 Å². The van der Waals surface area contributed by atoms with Crippen LogP contribution >= 0.6 is 0 Å². The summed E-state index contributed by atoms with van der Waals surface area (Å²) in [6.45, 7) is 2.71. The maximum atomic E-state index is 5.17. The van der Waals surface area contributed by atoms with Crippen molar-refractivity contribution < 1.29 is 4.74 Å². The summed E-state index contributed by atoms with van der Waals surface area (Å²) in [6.07, 6.45) is 1.74. The summed E-state index contributed by atoms with van der Waals surface area (Å²) >= 11 is 0. The molecular weight excluding hydrogens is 194 g/mol. The minimum absolute atomic E-state index is 0.187. The van der Waals surface area contributed by atoms with Crippen LogP contribution in [0, 0.1) is 6.92 Å². The first-order chi connectivity index (χ1) is 7.34. The predicted octanol–water partition coefficient (Wildman–Crippen LogP) is 0.437. The van der Waals surface area contributed by atoms with Gasteiger partial charge in [0.1, 0.15) is 12.4 Å². The van der Waals surface area contributed by atoms with Gasteiger partial charge in [-0.05, 0) is 29.5 Å². The minimum Gasteiger partial charge on any atom is -0.366 e. The van der Waals surface area contributed by atoms with Crippen molar-refractivity contribution in [3.63, 3.8) is 0 Å². The standard InChI is InChI=1S/C9H9N5O/c1-6-8(14-5-10-12-13-14)3-2-7(11-6)9-4-15-9/h2-3,5,9H,4H2,1H3/t9-/m0/s1. The maximum absolute atomic E-state index is 5.17. The second-order valence-corrected chi connectivity index (χ2v) is 3.42. The van der Waals surface area contributed by atoms with Gasteiger partial charge in [-0.1, -0.05) is 0 Å². The van der Waals surface area contributed by atoms with E-state index in [4.69, 9.17) is 4.74 Å². The normalized spacial score (nSPS) is 19.1. The van der Waals surface area contributed by atoms with Crippen LogP contribution in [0.4, 0.5) is 0 Å². The SMILES string of the molecule is Cc1nc([C@@H]2CO2)ccc1-n1cnnn1. The van der Waals surface area contributed by atoms with E-state index in [0.29, 0.717) is 0 Å². The van der Waals surface area contributed by atoms with Gasteiger partial charge in [-0.3, -0.25) is 4.98 Å². The molecule has 0 aliphatic carbocycles. The zero-order valence-electron chi connectivity index (χ0n) is 8.16. The molecule has 3 heterocycles. The van der Waals surface area contributed by atoms with Crippen molar-refractivity contribution in [2.45, 2.75) is 13.0 Å². The van der Waals surface area contributed by atoms with Gasteiger partial charge in [0.2, 0.25) is 0 Å². The van der Waals surface area contributed by atoms with Gasteiger partial charge in [0.05, 0.1) is 23.7 Å². The van der Waals surface area contributed by atoms with Crippen molar-refractivity contribution in [1.29, 1.82) is 0 Å². The zero-order chi connectivity index (χ0) is 10.3. The third-order valence-corrected chi connectivity index (χ3v) is 2.34. The molecule has 0 bridgehead atoms. The summed E-state index contributed by atoms with van der Waals surface area (Å²) in [6, 6.07) is 3.90. The van der Waals surface area contributed by atoms with Crippen LogP contribution in [0.5, 0.6) is 0 Å². The van der Waals surface area contributed by atoms with Crippen LogP contribution in [0.3, 0.4) is 0 Å². The molecular formula is C9H9N5O. The molecule has 15 heavy (non-hydrogen) atoms. The molecule has 0 saturated carbocycles. The maximum Gasteiger partial charge on any atom is 0.143 e. The van der Waals surface area contributed by atoms with Crippen molar-refractivity contribution >= 4 is 0 Å². The van der Waals surface area contributed by atoms with E-state index in [1.807, 2.05) is 19.1 Å². The highest BCUT2D eigenvalue weighted by atomic mass is 16.6. The molecule has 0 radical (unpaired) electrons. The van der Waals surface area contributed by atoms with Gasteiger partial charge in [0.25, 0.3) is 0 Å². The quantitative estimate of drug-likeness (QED) is 0.662. The third kappa shape index (κ3) is 1.48. The summed E-state index contributed by atoms with van der Waals surface area (Å²) in [5.74, 6) is 0. The van der Waals surface area contributed by atoms with Gasteiger partial charge in [0.15, 0.2) is 0 Å². The number of pyridine rings is 1.